The summed E-state index contributed by atoms with van der Waals surface area (Å²) >= 11 is 11.9. The fourth-order valence-corrected chi connectivity index (χ4v) is 3.53. The van der Waals surface area contributed by atoms with Crippen LogP contribution in [0.3, 0.4) is 0 Å². The first-order valence-electron chi connectivity index (χ1n) is 6.87. The third kappa shape index (κ3) is 3.67. The Balaban J connectivity index is 2.39. The molecule has 0 fully saturated rings. The van der Waals surface area contributed by atoms with E-state index in [2.05, 4.69) is 61.0 Å². The van der Waals surface area contributed by atoms with E-state index in [0.29, 0.717) is 19.6 Å². The minimum atomic E-state index is 0.162. The number of hydrogen-bond donors (Lipinski definition) is 2. The Bertz CT molecular complexity index is 727. The molecule has 1 heterocycles. The Hall–Kier alpha value is -0.990. The van der Waals surface area contributed by atoms with Gasteiger partial charge in [0.1, 0.15) is 5.75 Å². The number of phenolic OH excluding ortho intramolecular Hbond substituents is 1. The van der Waals surface area contributed by atoms with Crippen molar-refractivity contribution in [3.8, 4) is 5.75 Å². The smallest absolute Gasteiger partial charge is 0.216 e. The highest BCUT2D eigenvalue weighted by Crippen LogP contribution is 2.32. The standard InChI is InChI=1S/C14H16Br2N4OS/c1-3-9(4-2)13-18-19-14(22)20(13)17-7-8-5-10(15)12(21)11(16)6-8/h5-7,9,21H,3-4H2,1-2H3,(H,19,22)/b17-7-. The van der Waals surface area contributed by atoms with Gasteiger partial charge in [-0.15, -0.1) is 0 Å². The van der Waals surface area contributed by atoms with E-state index < -0.39 is 0 Å². The van der Waals surface area contributed by atoms with Crippen molar-refractivity contribution in [3.05, 3.63) is 37.2 Å². The summed E-state index contributed by atoms with van der Waals surface area (Å²) < 4.78 is 3.32. The van der Waals surface area contributed by atoms with Gasteiger partial charge in [0, 0.05) is 5.92 Å². The third-order valence-corrected chi connectivity index (χ3v) is 4.86. The summed E-state index contributed by atoms with van der Waals surface area (Å²) in [5.41, 5.74) is 0.829. The van der Waals surface area contributed by atoms with Gasteiger partial charge in [0.25, 0.3) is 0 Å². The Morgan fingerprint density at radius 1 is 1.36 bits per heavy atom. The van der Waals surface area contributed by atoms with Gasteiger partial charge in [-0.25, -0.2) is 0 Å². The van der Waals surface area contributed by atoms with E-state index >= 15 is 0 Å². The fourth-order valence-electron chi connectivity index (χ4n) is 2.12. The average molecular weight is 448 g/mol. The fraction of sp³-hybridized carbons (Fsp3) is 0.357. The Morgan fingerprint density at radius 2 is 1.95 bits per heavy atom. The quantitative estimate of drug-likeness (QED) is 0.502. The van der Waals surface area contributed by atoms with Crippen LogP contribution in [0.15, 0.2) is 26.2 Å². The van der Waals surface area contributed by atoms with E-state index in [1.807, 2.05) is 0 Å². The van der Waals surface area contributed by atoms with Crippen molar-refractivity contribution in [1.82, 2.24) is 14.9 Å². The summed E-state index contributed by atoms with van der Waals surface area (Å²) in [4.78, 5) is 0. The Kier molecular flexibility index (Phi) is 5.94. The molecule has 8 heteroatoms. The lowest BCUT2D eigenvalue weighted by atomic mass is 10.0. The maximum atomic E-state index is 9.73. The molecule has 0 aliphatic carbocycles. The predicted octanol–water partition coefficient (Wildman–Crippen LogP) is 4.96. The van der Waals surface area contributed by atoms with Crippen molar-refractivity contribution < 1.29 is 5.11 Å². The van der Waals surface area contributed by atoms with E-state index in [4.69, 9.17) is 12.2 Å². The second-order valence-corrected chi connectivity index (χ2v) is 6.89. The molecular weight excluding hydrogens is 432 g/mol. The van der Waals surface area contributed by atoms with Crippen molar-refractivity contribution in [2.24, 2.45) is 5.10 Å². The summed E-state index contributed by atoms with van der Waals surface area (Å²) in [6.45, 7) is 4.24. The number of phenols is 1. The highest BCUT2D eigenvalue weighted by Gasteiger charge is 2.15. The first kappa shape index (κ1) is 17.4. The van der Waals surface area contributed by atoms with Crippen LogP contribution in [0.5, 0.6) is 5.75 Å². The maximum Gasteiger partial charge on any atom is 0.216 e. The van der Waals surface area contributed by atoms with Gasteiger partial charge in [-0.05, 0) is 74.6 Å². The number of hydrogen-bond acceptors (Lipinski definition) is 4. The molecule has 0 radical (unpaired) electrons. The zero-order chi connectivity index (χ0) is 16.3. The molecule has 2 rings (SSSR count). The minimum absolute atomic E-state index is 0.162. The number of H-pyrrole nitrogens is 1. The van der Waals surface area contributed by atoms with Gasteiger partial charge in [-0.1, -0.05) is 13.8 Å². The molecule has 0 unspecified atom stereocenters. The van der Waals surface area contributed by atoms with Crippen molar-refractivity contribution in [2.75, 3.05) is 0 Å². The van der Waals surface area contributed by atoms with Crippen LogP contribution >= 0.6 is 44.1 Å². The lowest BCUT2D eigenvalue weighted by Crippen LogP contribution is -2.05. The van der Waals surface area contributed by atoms with Gasteiger partial charge < -0.3 is 5.11 Å². The van der Waals surface area contributed by atoms with Gasteiger partial charge in [0.15, 0.2) is 5.82 Å². The van der Waals surface area contributed by atoms with Crippen molar-refractivity contribution in [1.29, 1.82) is 0 Å². The van der Waals surface area contributed by atoms with Gasteiger partial charge >= 0.3 is 0 Å². The second kappa shape index (κ2) is 7.52. The van der Waals surface area contributed by atoms with E-state index in [-0.39, 0.29) is 5.75 Å². The zero-order valence-corrected chi connectivity index (χ0v) is 16.2. The molecule has 1 aromatic heterocycles. The first-order chi connectivity index (χ1) is 10.5. The molecule has 0 saturated carbocycles. The molecule has 0 atom stereocenters. The van der Waals surface area contributed by atoms with Gasteiger partial charge in [0.05, 0.1) is 15.2 Å². The molecule has 0 amide bonds. The van der Waals surface area contributed by atoms with Gasteiger partial charge in [0.2, 0.25) is 4.77 Å². The number of nitrogens with zero attached hydrogens (tertiary/aromatic N) is 3. The SMILES string of the molecule is CCC(CC)c1n[nH]c(=S)n1/N=C\c1cc(Br)c(O)c(Br)c1. The largest absolute Gasteiger partial charge is 0.506 e. The van der Waals surface area contributed by atoms with Crippen LogP contribution in [-0.4, -0.2) is 26.2 Å². The monoisotopic (exact) mass is 446 g/mol. The summed E-state index contributed by atoms with van der Waals surface area (Å²) in [6, 6.07) is 3.56. The highest BCUT2D eigenvalue weighted by molar-refractivity contribution is 9.11. The lowest BCUT2D eigenvalue weighted by molar-refractivity contribution is 0.468. The van der Waals surface area contributed by atoms with Crippen molar-refractivity contribution in [3.63, 3.8) is 0 Å². The topological polar surface area (TPSA) is 66.2 Å². The number of benzene rings is 1. The van der Waals surface area contributed by atoms with Crippen LogP contribution in [0.1, 0.15) is 44.0 Å². The number of nitrogens with one attached hydrogen (secondary N) is 1. The second-order valence-electron chi connectivity index (χ2n) is 4.79. The third-order valence-electron chi connectivity index (χ3n) is 3.39. The van der Waals surface area contributed by atoms with Gasteiger partial charge in [-0.2, -0.15) is 14.9 Å². The number of halogens is 2. The van der Waals surface area contributed by atoms with E-state index in [1.165, 1.54) is 0 Å². The average Bonchev–Trinajstić information content (AvgIpc) is 2.85. The molecule has 2 N–H and O–H groups in total. The van der Waals surface area contributed by atoms with Crippen molar-refractivity contribution in [2.45, 2.75) is 32.6 Å². The molecule has 0 aliphatic heterocycles. The molecule has 0 bridgehead atoms. The lowest BCUT2D eigenvalue weighted by Gasteiger charge is -2.10. The number of aromatic nitrogens is 3. The summed E-state index contributed by atoms with van der Waals surface area (Å²) in [6.07, 6.45) is 3.63. The molecule has 5 nitrogen and oxygen atoms in total. The Morgan fingerprint density at radius 3 is 2.50 bits per heavy atom. The minimum Gasteiger partial charge on any atom is -0.506 e. The molecule has 22 heavy (non-hydrogen) atoms. The van der Waals surface area contributed by atoms with E-state index in [9.17, 15) is 5.11 Å². The molecule has 2 aromatic rings. The summed E-state index contributed by atoms with van der Waals surface area (Å²) in [5, 5.41) is 21.3. The number of rotatable bonds is 5. The van der Waals surface area contributed by atoms with Crippen LogP contribution in [-0.2, 0) is 0 Å². The van der Waals surface area contributed by atoms with E-state index in [0.717, 1.165) is 24.2 Å². The molecular formula is C14H16Br2N4OS. The predicted molar refractivity (Wildman–Crippen MR) is 97.2 cm³/mol. The van der Waals surface area contributed by atoms with Gasteiger partial charge in [-0.3, -0.25) is 5.10 Å². The van der Waals surface area contributed by atoms with E-state index in [1.54, 1.807) is 23.0 Å². The maximum absolute atomic E-state index is 9.73. The van der Waals surface area contributed by atoms with Crippen LogP contribution in [0.25, 0.3) is 0 Å². The number of aromatic hydroxyl groups is 1. The van der Waals surface area contributed by atoms with Crippen LogP contribution in [0.2, 0.25) is 0 Å². The number of aromatic amines is 1. The zero-order valence-electron chi connectivity index (χ0n) is 12.2. The van der Waals surface area contributed by atoms with Crippen LogP contribution in [0.4, 0.5) is 0 Å². The first-order valence-corrected chi connectivity index (χ1v) is 8.87. The molecule has 1 aromatic carbocycles. The summed E-state index contributed by atoms with van der Waals surface area (Å²) in [7, 11) is 0. The van der Waals surface area contributed by atoms with Crippen LogP contribution < -0.4 is 0 Å². The van der Waals surface area contributed by atoms with Crippen molar-refractivity contribution >= 4 is 50.3 Å². The highest BCUT2D eigenvalue weighted by atomic mass is 79.9. The summed E-state index contributed by atoms with van der Waals surface area (Å²) in [5.74, 6) is 1.31. The van der Waals surface area contributed by atoms with Crippen LogP contribution in [0, 0.1) is 4.77 Å². The molecule has 0 aliphatic rings. The molecule has 0 saturated heterocycles. The molecule has 0 spiro atoms. The Labute approximate surface area is 150 Å². The molecule has 118 valence electrons. The normalized spacial score (nSPS) is 11.7.